The highest BCUT2D eigenvalue weighted by atomic mass is 28.3. The molecule has 4 aromatic rings. The third-order valence-corrected chi connectivity index (χ3v) is 19.6. The van der Waals surface area contributed by atoms with Gasteiger partial charge in [-0.2, -0.15) is 0 Å². The molecule has 2 fully saturated rings. The van der Waals surface area contributed by atoms with E-state index >= 15 is 0 Å². The lowest BCUT2D eigenvalue weighted by atomic mass is 9.71. The topological polar surface area (TPSA) is 0 Å². The summed E-state index contributed by atoms with van der Waals surface area (Å²) in [5.74, 6) is 0. The molecule has 0 aliphatic heterocycles. The quantitative estimate of drug-likeness (QED) is 0.157. The van der Waals surface area contributed by atoms with Gasteiger partial charge in [0.05, 0.1) is 8.07 Å². The standard InChI is InChI=1S/C56H72Si/c1-53(2,3)43-27-23-39(24-28-43)45-19-17-21-47-49(45)35-41(37-55(7)31-13-11-14-32-55)51(47)57(9,10)52-42(38-56(8)33-15-12-16-34-56)36-50-46(20-18-22-48(50)52)40-25-29-44(30-26-40)54(4,5)6/h17-30,35-36,51-52H,11-16,31-34,37-38H2,1-10H3. The molecule has 0 bridgehead atoms. The minimum absolute atomic E-state index is 0.146. The SMILES string of the molecule is CC1(CC2=Cc3c(-c4ccc(C(C)(C)C)cc4)cccc3C2[Si](C)(C)C2C(CC3(C)CCCCC3)=Cc3c(-c4ccc(C(C)(C)C)cc4)cccc32)CCCCC1. The van der Waals surface area contributed by atoms with Crippen LogP contribution < -0.4 is 0 Å². The van der Waals surface area contributed by atoms with Crippen LogP contribution >= 0.6 is 0 Å². The Balaban J connectivity index is 1.26. The fourth-order valence-electron chi connectivity index (χ4n) is 12.1. The molecule has 0 aromatic heterocycles. The van der Waals surface area contributed by atoms with Crippen molar-refractivity contribution >= 4 is 20.2 Å². The largest absolute Gasteiger partial charge is 0.0722 e. The molecule has 4 aliphatic carbocycles. The van der Waals surface area contributed by atoms with Crippen molar-refractivity contribution in [3.05, 3.63) is 129 Å². The molecule has 57 heavy (non-hydrogen) atoms. The Bertz CT molecular complexity index is 1990. The lowest BCUT2D eigenvalue weighted by Crippen LogP contribution is -2.44. The number of rotatable bonds is 8. The first-order valence-electron chi connectivity index (χ1n) is 22.8. The predicted molar refractivity (Wildman–Crippen MR) is 252 cm³/mol. The van der Waals surface area contributed by atoms with Crippen LogP contribution in [0.5, 0.6) is 0 Å². The van der Waals surface area contributed by atoms with Crippen molar-refractivity contribution in [1.29, 1.82) is 0 Å². The molecule has 2 saturated carbocycles. The zero-order valence-corrected chi connectivity index (χ0v) is 38.4. The maximum Gasteiger partial charge on any atom is 0.0722 e. The van der Waals surface area contributed by atoms with E-state index in [0.717, 1.165) is 0 Å². The molecular formula is C56H72Si. The zero-order valence-electron chi connectivity index (χ0n) is 37.4. The van der Waals surface area contributed by atoms with E-state index in [1.54, 1.807) is 22.3 Å². The highest BCUT2D eigenvalue weighted by Crippen LogP contribution is 2.59. The second-order valence-corrected chi connectivity index (χ2v) is 27.3. The van der Waals surface area contributed by atoms with Crippen molar-refractivity contribution in [2.75, 3.05) is 0 Å². The lowest BCUT2D eigenvalue weighted by molar-refractivity contribution is 0.213. The van der Waals surface area contributed by atoms with Crippen LogP contribution in [0.3, 0.4) is 0 Å². The fourth-order valence-corrected chi connectivity index (χ4v) is 16.8. The van der Waals surface area contributed by atoms with E-state index in [2.05, 4.69) is 166 Å². The van der Waals surface area contributed by atoms with E-state index in [0.29, 0.717) is 21.9 Å². The third kappa shape index (κ3) is 7.89. The maximum absolute atomic E-state index is 2.80. The first-order chi connectivity index (χ1) is 27.0. The molecule has 0 saturated heterocycles. The minimum atomic E-state index is -2.15. The summed E-state index contributed by atoms with van der Waals surface area (Å²) in [6.07, 6.45) is 21.7. The Hall–Kier alpha value is -3.42. The fraction of sp³-hybridized carbons (Fsp3) is 0.500. The minimum Gasteiger partial charge on any atom is -0.0679 e. The number of allylic oxidation sites excluding steroid dienone is 2. The zero-order chi connectivity index (χ0) is 40.4. The summed E-state index contributed by atoms with van der Waals surface area (Å²) in [6, 6.07) is 33.8. The van der Waals surface area contributed by atoms with Crippen molar-refractivity contribution in [2.45, 2.75) is 167 Å². The van der Waals surface area contributed by atoms with Gasteiger partial charge in [-0.25, -0.2) is 0 Å². The summed E-state index contributed by atoms with van der Waals surface area (Å²) in [5.41, 5.74) is 20.2. The van der Waals surface area contributed by atoms with E-state index in [1.807, 2.05) is 0 Å². The monoisotopic (exact) mass is 773 g/mol. The van der Waals surface area contributed by atoms with E-state index in [1.165, 1.54) is 122 Å². The molecule has 0 nitrogen and oxygen atoms in total. The number of hydrogen-bond acceptors (Lipinski definition) is 0. The third-order valence-electron chi connectivity index (χ3n) is 15.3. The second kappa shape index (κ2) is 15.0. The molecule has 300 valence electrons. The smallest absolute Gasteiger partial charge is 0.0679 e. The van der Waals surface area contributed by atoms with Gasteiger partial charge in [-0.1, -0.05) is 215 Å². The maximum atomic E-state index is 2.80. The van der Waals surface area contributed by atoms with Gasteiger partial charge in [0.15, 0.2) is 0 Å². The molecule has 0 heterocycles. The Morgan fingerprint density at radius 3 is 1.18 bits per heavy atom. The number of benzene rings is 4. The van der Waals surface area contributed by atoms with Crippen LogP contribution in [0.2, 0.25) is 13.1 Å². The highest BCUT2D eigenvalue weighted by Gasteiger charge is 2.50. The highest BCUT2D eigenvalue weighted by molar-refractivity contribution is 6.81. The molecule has 0 spiro atoms. The van der Waals surface area contributed by atoms with Crippen LogP contribution in [0.15, 0.2) is 96.1 Å². The number of fused-ring (bicyclic) bond motifs is 2. The van der Waals surface area contributed by atoms with Gasteiger partial charge in [-0.15, -0.1) is 0 Å². The molecule has 4 aliphatic rings. The molecule has 8 rings (SSSR count). The molecule has 0 amide bonds. The van der Waals surface area contributed by atoms with Crippen LogP contribution in [-0.4, -0.2) is 8.07 Å². The summed E-state index contributed by atoms with van der Waals surface area (Å²) >= 11 is 0. The van der Waals surface area contributed by atoms with Crippen molar-refractivity contribution < 1.29 is 0 Å². The molecule has 0 radical (unpaired) electrons. The van der Waals surface area contributed by atoms with Gasteiger partial charge in [-0.3, -0.25) is 0 Å². The Morgan fingerprint density at radius 1 is 0.491 bits per heavy atom. The summed E-state index contributed by atoms with van der Waals surface area (Å²) in [7, 11) is -2.15. The van der Waals surface area contributed by atoms with Gasteiger partial charge in [0, 0.05) is 11.1 Å². The van der Waals surface area contributed by atoms with E-state index < -0.39 is 8.07 Å². The molecule has 1 heteroatoms. The molecule has 2 unspecified atom stereocenters. The Kier molecular flexibility index (Phi) is 10.6. The molecular weight excluding hydrogens is 701 g/mol. The summed E-state index contributed by atoms with van der Waals surface area (Å²) in [5, 5.41) is 0. The summed E-state index contributed by atoms with van der Waals surface area (Å²) in [4.78, 5) is 0. The molecule has 0 N–H and O–H groups in total. The van der Waals surface area contributed by atoms with Crippen molar-refractivity contribution in [1.82, 2.24) is 0 Å². The van der Waals surface area contributed by atoms with Gasteiger partial charge in [0.25, 0.3) is 0 Å². The first-order valence-corrected chi connectivity index (χ1v) is 26.0. The van der Waals surface area contributed by atoms with Crippen LogP contribution in [0, 0.1) is 10.8 Å². The van der Waals surface area contributed by atoms with Crippen LogP contribution in [-0.2, 0) is 10.8 Å². The summed E-state index contributed by atoms with van der Waals surface area (Å²) < 4.78 is 0. The van der Waals surface area contributed by atoms with E-state index in [4.69, 9.17) is 0 Å². The lowest BCUT2D eigenvalue weighted by Gasteiger charge is -2.44. The van der Waals surface area contributed by atoms with Crippen LogP contribution in [0.4, 0.5) is 0 Å². The van der Waals surface area contributed by atoms with Crippen molar-refractivity contribution in [2.24, 2.45) is 10.8 Å². The average molecular weight is 773 g/mol. The normalized spacial score (nSPS) is 21.8. The average Bonchev–Trinajstić information content (AvgIpc) is 3.72. The number of hydrogen-bond donors (Lipinski definition) is 0. The van der Waals surface area contributed by atoms with Gasteiger partial charge in [0.1, 0.15) is 0 Å². The summed E-state index contributed by atoms with van der Waals surface area (Å²) in [6.45, 7) is 24.8. The van der Waals surface area contributed by atoms with Gasteiger partial charge in [0.2, 0.25) is 0 Å². The van der Waals surface area contributed by atoms with Crippen LogP contribution in [0.25, 0.3) is 34.4 Å². The van der Waals surface area contributed by atoms with E-state index in [-0.39, 0.29) is 10.8 Å². The predicted octanol–water partition coefficient (Wildman–Crippen LogP) is 16.8. The van der Waals surface area contributed by atoms with Crippen LogP contribution in [0.1, 0.15) is 177 Å². The Labute approximate surface area is 348 Å². The van der Waals surface area contributed by atoms with Gasteiger partial charge < -0.3 is 0 Å². The molecule has 4 aromatic carbocycles. The van der Waals surface area contributed by atoms with E-state index in [9.17, 15) is 0 Å². The Morgan fingerprint density at radius 2 is 0.842 bits per heavy atom. The second-order valence-electron chi connectivity index (χ2n) is 22.5. The molecule has 2 atom stereocenters. The first kappa shape index (κ1) is 40.4. The van der Waals surface area contributed by atoms with Gasteiger partial charge in [-0.05, 0) is 116 Å². The van der Waals surface area contributed by atoms with Crippen molar-refractivity contribution in [3.63, 3.8) is 0 Å². The van der Waals surface area contributed by atoms with Gasteiger partial charge >= 0.3 is 0 Å². The van der Waals surface area contributed by atoms with Crippen molar-refractivity contribution in [3.8, 4) is 22.3 Å².